The SMILES string of the molecule is COc1ccccc1C1(CNC(=O)c2c(C)cc(C)cc2C)CCOCC1. The van der Waals surface area contributed by atoms with Crippen LogP contribution in [0.2, 0.25) is 0 Å². The number of nitrogens with one attached hydrogen (secondary N) is 1. The van der Waals surface area contributed by atoms with Crippen LogP contribution in [0.1, 0.15) is 45.5 Å². The molecule has 144 valence electrons. The average molecular weight is 367 g/mol. The van der Waals surface area contributed by atoms with E-state index in [9.17, 15) is 4.79 Å². The Morgan fingerprint density at radius 1 is 1.11 bits per heavy atom. The minimum absolute atomic E-state index is 0.00855. The molecule has 1 fully saturated rings. The maximum Gasteiger partial charge on any atom is 0.251 e. The first-order valence-corrected chi connectivity index (χ1v) is 9.54. The number of aryl methyl sites for hydroxylation is 3. The quantitative estimate of drug-likeness (QED) is 0.865. The fraction of sp³-hybridized carbons (Fsp3) is 0.435. The van der Waals surface area contributed by atoms with Crippen LogP contribution in [0.3, 0.4) is 0 Å². The second kappa shape index (κ2) is 8.13. The molecule has 0 radical (unpaired) electrons. The van der Waals surface area contributed by atoms with Crippen molar-refractivity contribution in [3.63, 3.8) is 0 Å². The average Bonchev–Trinajstić information content (AvgIpc) is 2.66. The number of ether oxygens (including phenoxy) is 2. The molecule has 1 N–H and O–H groups in total. The minimum Gasteiger partial charge on any atom is -0.496 e. The molecular formula is C23H29NO3. The van der Waals surface area contributed by atoms with E-state index in [1.54, 1.807) is 7.11 Å². The van der Waals surface area contributed by atoms with Gasteiger partial charge in [-0.25, -0.2) is 0 Å². The van der Waals surface area contributed by atoms with Crippen LogP contribution >= 0.6 is 0 Å². The van der Waals surface area contributed by atoms with Crippen LogP contribution in [0.5, 0.6) is 5.75 Å². The van der Waals surface area contributed by atoms with Crippen molar-refractivity contribution in [1.82, 2.24) is 5.32 Å². The lowest BCUT2D eigenvalue weighted by Gasteiger charge is -2.38. The molecule has 1 heterocycles. The fourth-order valence-corrected chi connectivity index (χ4v) is 4.26. The fourth-order valence-electron chi connectivity index (χ4n) is 4.26. The first-order chi connectivity index (χ1) is 13.0. The predicted molar refractivity (Wildman–Crippen MR) is 108 cm³/mol. The first-order valence-electron chi connectivity index (χ1n) is 9.54. The van der Waals surface area contributed by atoms with Gasteiger partial charge in [0.25, 0.3) is 5.91 Å². The van der Waals surface area contributed by atoms with Gasteiger partial charge < -0.3 is 14.8 Å². The smallest absolute Gasteiger partial charge is 0.251 e. The number of carbonyl (C=O) groups excluding carboxylic acids is 1. The van der Waals surface area contributed by atoms with E-state index in [-0.39, 0.29) is 11.3 Å². The van der Waals surface area contributed by atoms with Gasteiger partial charge in [0, 0.05) is 36.3 Å². The number of amides is 1. The Labute approximate surface area is 161 Å². The van der Waals surface area contributed by atoms with E-state index in [0.717, 1.165) is 40.8 Å². The summed E-state index contributed by atoms with van der Waals surface area (Å²) < 4.78 is 11.2. The molecule has 0 spiro atoms. The van der Waals surface area contributed by atoms with Gasteiger partial charge in [0.2, 0.25) is 0 Å². The lowest BCUT2D eigenvalue weighted by atomic mass is 9.73. The second-order valence-electron chi connectivity index (χ2n) is 7.55. The van der Waals surface area contributed by atoms with Gasteiger partial charge in [-0.15, -0.1) is 0 Å². The lowest BCUT2D eigenvalue weighted by Crippen LogP contribution is -2.45. The van der Waals surface area contributed by atoms with Crippen LogP contribution in [0, 0.1) is 20.8 Å². The summed E-state index contributed by atoms with van der Waals surface area (Å²) in [5, 5.41) is 3.21. The molecule has 0 atom stereocenters. The summed E-state index contributed by atoms with van der Waals surface area (Å²) in [7, 11) is 1.70. The molecule has 1 amide bonds. The zero-order chi connectivity index (χ0) is 19.4. The minimum atomic E-state index is -0.174. The monoisotopic (exact) mass is 367 g/mol. The number of carbonyl (C=O) groups is 1. The number of rotatable bonds is 5. The third kappa shape index (κ3) is 4.01. The van der Waals surface area contributed by atoms with Gasteiger partial charge in [-0.05, 0) is 50.8 Å². The number of para-hydroxylation sites is 1. The molecule has 4 heteroatoms. The van der Waals surface area contributed by atoms with E-state index < -0.39 is 0 Å². The molecule has 0 aromatic heterocycles. The van der Waals surface area contributed by atoms with Crippen LogP contribution < -0.4 is 10.1 Å². The van der Waals surface area contributed by atoms with Crippen LogP contribution in [-0.2, 0) is 10.2 Å². The van der Waals surface area contributed by atoms with Gasteiger partial charge in [-0.2, -0.15) is 0 Å². The largest absolute Gasteiger partial charge is 0.496 e. The Balaban J connectivity index is 1.87. The molecule has 0 aliphatic carbocycles. The van der Waals surface area contributed by atoms with E-state index in [2.05, 4.69) is 30.4 Å². The molecule has 1 aliphatic rings. The maximum absolute atomic E-state index is 13.0. The van der Waals surface area contributed by atoms with Crippen molar-refractivity contribution in [3.8, 4) is 5.75 Å². The predicted octanol–water partition coefficient (Wildman–Crippen LogP) is 4.10. The van der Waals surface area contributed by atoms with Crippen LogP contribution in [-0.4, -0.2) is 32.8 Å². The number of benzene rings is 2. The number of hydrogen-bond donors (Lipinski definition) is 1. The van der Waals surface area contributed by atoms with Crippen molar-refractivity contribution in [3.05, 3.63) is 64.2 Å². The van der Waals surface area contributed by atoms with Crippen molar-refractivity contribution in [2.45, 2.75) is 39.0 Å². The third-order valence-corrected chi connectivity index (χ3v) is 5.62. The standard InChI is InChI=1S/C23H29NO3/c1-16-13-17(2)21(18(3)14-16)22(25)24-15-23(9-11-27-12-10-23)19-7-5-6-8-20(19)26-4/h5-8,13-14H,9-12,15H2,1-4H3,(H,24,25). The Bertz CT molecular complexity index is 799. The van der Waals surface area contributed by atoms with Crippen LogP contribution in [0.15, 0.2) is 36.4 Å². The lowest BCUT2D eigenvalue weighted by molar-refractivity contribution is 0.0479. The zero-order valence-electron chi connectivity index (χ0n) is 16.7. The second-order valence-corrected chi connectivity index (χ2v) is 7.55. The summed E-state index contributed by atoms with van der Waals surface area (Å²) in [4.78, 5) is 13.0. The highest BCUT2D eigenvalue weighted by Crippen LogP contribution is 2.39. The molecule has 1 saturated heterocycles. The Morgan fingerprint density at radius 2 is 1.74 bits per heavy atom. The Hall–Kier alpha value is -2.33. The van der Waals surface area contributed by atoms with Crippen molar-refractivity contribution in [2.24, 2.45) is 0 Å². The van der Waals surface area contributed by atoms with Gasteiger partial charge in [-0.1, -0.05) is 35.9 Å². The van der Waals surface area contributed by atoms with Crippen molar-refractivity contribution in [2.75, 3.05) is 26.9 Å². The van der Waals surface area contributed by atoms with Crippen molar-refractivity contribution in [1.29, 1.82) is 0 Å². The molecule has 0 unspecified atom stereocenters. The van der Waals surface area contributed by atoms with Gasteiger partial charge in [0.15, 0.2) is 0 Å². The zero-order valence-corrected chi connectivity index (χ0v) is 16.7. The van der Waals surface area contributed by atoms with Gasteiger partial charge >= 0.3 is 0 Å². The van der Waals surface area contributed by atoms with E-state index in [1.165, 1.54) is 5.56 Å². The summed E-state index contributed by atoms with van der Waals surface area (Å²) in [5.74, 6) is 0.863. The molecule has 2 aromatic rings. The van der Waals surface area contributed by atoms with E-state index in [4.69, 9.17) is 9.47 Å². The molecular weight excluding hydrogens is 338 g/mol. The molecule has 1 aliphatic heterocycles. The van der Waals surface area contributed by atoms with E-state index in [1.807, 2.05) is 32.0 Å². The summed E-state index contributed by atoms with van der Waals surface area (Å²) in [5.41, 5.74) is 4.96. The van der Waals surface area contributed by atoms with Gasteiger partial charge in [0.05, 0.1) is 7.11 Å². The first kappa shape index (κ1) is 19.4. The molecule has 0 bridgehead atoms. The van der Waals surface area contributed by atoms with Crippen LogP contribution in [0.25, 0.3) is 0 Å². The highest BCUT2D eigenvalue weighted by Gasteiger charge is 2.37. The van der Waals surface area contributed by atoms with Crippen molar-refractivity contribution >= 4 is 5.91 Å². The number of methoxy groups -OCH3 is 1. The highest BCUT2D eigenvalue weighted by atomic mass is 16.5. The number of hydrogen-bond acceptors (Lipinski definition) is 3. The van der Waals surface area contributed by atoms with Gasteiger partial charge in [-0.3, -0.25) is 4.79 Å². The third-order valence-electron chi connectivity index (χ3n) is 5.62. The maximum atomic E-state index is 13.0. The molecule has 2 aromatic carbocycles. The van der Waals surface area contributed by atoms with E-state index in [0.29, 0.717) is 19.8 Å². The van der Waals surface area contributed by atoms with Crippen molar-refractivity contribution < 1.29 is 14.3 Å². The molecule has 27 heavy (non-hydrogen) atoms. The van der Waals surface area contributed by atoms with Crippen LogP contribution in [0.4, 0.5) is 0 Å². The molecule has 0 saturated carbocycles. The Kier molecular flexibility index (Phi) is 5.85. The van der Waals surface area contributed by atoms with Gasteiger partial charge in [0.1, 0.15) is 5.75 Å². The highest BCUT2D eigenvalue weighted by molar-refractivity contribution is 5.97. The Morgan fingerprint density at radius 3 is 2.37 bits per heavy atom. The molecule has 4 nitrogen and oxygen atoms in total. The summed E-state index contributed by atoms with van der Waals surface area (Å²) in [6.45, 7) is 8.01. The summed E-state index contributed by atoms with van der Waals surface area (Å²) in [6.07, 6.45) is 1.72. The summed E-state index contributed by atoms with van der Waals surface area (Å²) in [6, 6.07) is 12.2. The molecule has 3 rings (SSSR count). The topological polar surface area (TPSA) is 47.6 Å². The normalized spacial score (nSPS) is 16.0. The summed E-state index contributed by atoms with van der Waals surface area (Å²) >= 11 is 0. The van der Waals surface area contributed by atoms with E-state index >= 15 is 0 Å².